The van der Waals surface area contributed by atoms with E-state index in [0.29, 0.717) is 17.1 Å². The first-order valence-corrected chi connectivity index (χ1v) is 6.50. The first kappa shape index (κ1) is 14.4. The Morgan fingerprint density at radius 1 is 1.20 bits per heavy atom. The number of rotatable bonds is 5. The van der Waals surface area contributed by atoms with Gasteiger partial charge in [-0.25, -0.2) is 0 Å². The average molecular weight is 291 g/mol. The van der Waals surface area contributed by atoms with E-state index in [1.807, 2.05) is 6.07 Å². The molecular weight excluding hydrogens is 276 g/mol. The Morgan fingerprint density at radius 2 is 2.00 bits per heavy atom. The second-order valence-electron chi connectivity index (χ2n) is 4.39. The second kappa shape index (κ2) is 6.41. The fourth-order valence-electron chi connectivity index (χ4n) is 1.84. The Labute approximate surface area is 122 Å². The first-order valence-electron chi connectivity index (χ1n) is 6.12. The first-order chi connectivity index (χ1) is 9.60. The third kappa shape index (κ3) is 3.50. The second-order valence-corrected chi connectivity index (χ2v) is 4.80. The summed E-state index contributed by atoms with van der Waals surface area (Å²) in [5.74, 6) is -0.452. The number of amides is 1. The number of primary amides is 1. The molecule has 20 heavy (non-hydrogen) atoms. The van der Waals surface area contributed by atoms with Crippen molar-refractivity contribution in [2.24, 2.45) is 5.73 Å². The lowest BCUT2D eigenvalue weighted by Crippen LogP contribution is -2.11. The van der Waals surface area contributed by atoms with Crippen molar-refractivity contribution in [1.29, 1.82) is 0 Å². The standard InChI is InChI=1S/C15H15ClN2O2/c16-13-5-4-11(9-19)7-14(13)18-8-10-2-1-3-12(6-10)15(17)20/h1-7,18-19H,8-9H2,(H2,17,20). The fourth-order valence-corrected chi connectivity index (χ4v) is 2.02. The number of aliphatic hydroxyl groups is 1. The molecular formula is C15H15ClN2O2. The van der Waals surface area contributed by atoms with Gasteiger partial charge in [0.2, 0.25) is 5.91 Å². The maximum Gasteiger partial charge on any atom is 0.248 e. The van der Waals surface area contributed by atoms with Gasteiger partial charge in [-0.05, 0) is 35.4 Å². The molecule has 104 valence electrons. The lowest BCUT2D eigenvalue weighted by Gasteiger charge is -2.10. The van der Waals surface area contributed by atoms with Crippen molar-refractivity contribution in [2.45, 2.75) is 13.2 Å². The summed E-state index contributed by atoms with van der Waals surface area (Å²) in [7, 11) is 0. The molecule has 0 aromatic heterocycles. The molecule has 0 spiro atoms. The van der Waals surface area contributed by atoms with Crippen LogP contribution < -0.4 is 11.1 Å². The number of nitrogens with two attached hydrogens (primary N) is 1. The molecule has 0 saturated heterocycles. The summed E-state index contributed by atoms with van der Waals surface area (Å²) in [6.07, 6.45) is 0. The molecule has 0 saturated carbocycles. The number of nitrogens with one attached hydrogen (secondary N) is 1. The van der Waals surface area contributed by atoms with Gasteiger partial charge in [-0.3, -0.25) is 4.79 Å². The molecule has 0 aliphatic heterocycles. The quantitative estimate of drug-likeness (QED) is 0.792. The van der Waals surface area contributed by atoms with E-state index in [2.05, 4.69) is 5.32 Å². The predicted octanol–water partition coefficient (Wildman–Crippen LogP) is 2.54. The largest absolute Gasteiger partial charge is 0.392 e. The topological polar surface area (TPSA) is 75.4 Å². The van der Waals surface area contributed by atoms with Crippen molar-refractivity contribution in [3.8, 4) is 0 Å². The molecule has 0 unspecified atom stereocenters. The van der Waals surface area contributed by atoms with Gasteiger partial charge in [-0.1, -0.05) is 29.8 Å². The van der Waals surface area contributed by atoms with Crippen LogP contribution in [0.15, 0.2) is 42.5 Å². The number of aliphatic hydroxyl groups excluding tert-OH is 1. The van der Waals surface area contributed by atoms with Crippen LogP contribution in [-0.4, -0.2) is 11.0 Å². The fraction of sp³-hybridized carbons (Fsp3) is 0.133. The Bertz CT molecular complexity index is 629. The third-order valence-electron chi connectivity index (χ3n) is 2.91. The Morgan fingerprint density at radius 3 is 2.70 bits per heavy atom. The summed E-state index contributed by atoms with van der Waals surface area (Å²) in [5, 5.41) is 12.9. The van der Waals surface area contributed by atoms with Crippen molar-refractivity contribution in [1.82, 2.24) is 0 Å². The summed E-state index contributed by atoms with van der Waals surface area (Å²) < 4.78 is 0. The van der Waals surface area contributed by atoms with Gasteiger partial charge >= 0.3 is 0 Å². The van der Waals surface area contributed by atoms with Crippen LogP contribution >= 0.6 is 11.6 Å². The number of carbonyl (C=O) groups excluding carboxylic acids is 1. The van der Waals surface area contributed by atoms with E-state index in [4.69, 9.17) is 22.4 Å². The molecule has 0 atom stereocenters. The molecule has 0 heterocycles. The normalized spacial score (nSPS) is 10.3. The monoisotopic (exact) mass is 290 g/mol. The Hall–Kier alpha value is -2.04. The number of hydrogen-bond acceptors (Lipinski definition) is 3. The highest BCUT2D eigenvalue weighted by molar-refractivity contribution is 6.33. The molecule has 0 aliphatic rings. The van der Waals surface area contributed by atoms with Gasteiger partial charge < -0.3 is 16.2 Å². The summed E-state index contributed by atoms with van der Waals surface area (Å²) in [6.45, 7) is 0.471. The van der Waals surface area contributed by atoms with Crippen LogP contribution in [0.5, 0.6) is 0 Å². The van der Waals surface area contributed by atoms with Crippen LogP contribution in [0, 0.1) is 0 Å². The van der Waals surface area contributed by atoms with Gasteiger partial charge in [0, 0.05) is 12.1 Å². The molecule has 5 heteroatoms. The Balaban J connectivity index is 2.12. The maximum absolute atomic E-state index is 11.1. The van der Waals surface area contributed by atoms with Crippen molar-refractivity contribution in [3.05, 3.63) is 64.2 Å². The minimum Gasteiger partial charge on any atom is -0.392 e. The third-order valence-corrected chi connectivity index (χ3v) is 3.24. The highest BCUT2D eigenvalue weighted by atomic mass is 35.5. The van der Waals surface area contributed by atoms with Gasteiger partial charge in [0.1, 0.15) is 0 Å². The number of halogens is 1. The number of carbonyl (C=O) groups is 1. The van der Waals surface area contributed by atoms with E-state index >= 15 is 0 Å². The molecule has 0 aliphatic carbocycles. The summed E-state index contributed by atoms with van der Waals surface area (Å²) in [5.41, 5.74) is 8.16. The van der Waals surface area contributed by atoms with Gasteiger partial charge in [-0.15, -0.1) is 0 Å². The van der Waals surface area contributed by atoms with Crippen molar-refractivity contribution >= 4 is 23.2 Å². The minimum atomic E-state index is -0.452. The van der Waals surface area contributed by atoms with Crippen LogP contribution in [0.1, 0.15) is 21.5 Å². The smallest absolute Gasteiger partial charge is 0.248 e. The van der Waals surface area contributed by atoms with E-state index in [9.17, 15) is 4.79 Å². The SMILES string of the molecule is NC(=O)c1cccc(CNc2cc(CO)ccc2Cl)c1. The number of benzene rings is 2. The van der Waals surface area contributed by atoms with Gasteiger partial charge in [-0.2, -0.15) is 0 Å². The molecule has 0 fully saturated rings. The molecule has 0 radical (unpaired) electrons. The molecule has 2 rings (SSSR count). The van der Waals surface area contributed by atoms with Crippen LogP contribution in [0.4, 0.5) is 5.69 Å². The molecule has 1 amide bonds. The van der Waals surface area contributed by atoms with E-state index in [-0.39, 0.29) is 6.61 Å². The highest BCUT2D eigenvalue weighted by Crippen LogP contribution is 2.23. The summed E-state index contributed by atoms with van der Waals surface area (Å²) in [6, 6.07) is 12.4. The van der Waals surface area contributed by atoms with Crippen molar-refractivity contribution in [2.75, 3.05) is 5.32 Å². The summed E-state index contributed by atoms with van der Waals surface area (Å²) >= 11 is 6.08. The molecule has 2 aromatic rings. The average Bonchev–Trinajstić information content (AvgIpc) is 2.46. The van der Waals surface area contributed by atoms with Crippen LogP contribution in [0.25, 0.3) is 0 Å². The summed E-state index contributed by atoms with van der Waals surface area (Å²) in [4.78, 5) is 11.1. The van der Waals surface area contributed by atoms with Gasteiger partial charge in [0.15, 0.2) is 0 Å². The zero-order valence-corrected chi connectivity index (χ0v) is 11.5. The zero-order valence-electron chi connectivity index (χ0n) is 10.8. The van der Waals surface area contributed by atoms with Crippen molar-refractivity contribution in [3.63, 3.8) is 0 Å². The lowest BCUT2D eigenvalue weighted by molar-refractivity contribution is 0.1000. The lowest BCUT2D eigenvalue weighted by atomic mass is 10.1. The van der Waals surface area contributed by atoms with E-state index < -0.39 is 5.91 Å². The zero-order chi connectivity index (χ0) is 14.5. The molecule has 4 N–H and O–H groups in total. The maximum atomic E-state index is 11.1. The molecule has 4 nitrogen and oxygen atoms in total. The predicted molar refractivity (Wildman–Crippen MR) is 79.7 cm³/mol. The minimum absolute atomic E-state index is 0.0387. The van der Waals surface area contributed by atoms with Crippen LogP contribution in [-0.2, 0) is 13.2 Å². The number of anilines is 1. The van der Waals surface area contributed by atoms with E-state index in [1.54, 1.807) is 36.4 Å². The van der Waals surface area contributed by atoms with Crippen LogP contribution in [0.2, 0.25) is 5.02 Å². The molecule has 2 aromatic carbocycles. The Kier molecular flexibility index (Phi) is 4.61. The van der Waals surface area contributed by atoms with Gasteiger partial charge in [0.25, 0.3) is 0 Å². The molecule has 0 bridgehead atoms. The van der Waals surface area contributed by atoms with E-state index in [1.165, 1.54) is 0 Å². The van der Waals surface area contributed by atoms with E-state index in [0.717, 1.165) is 16.8 Å². The van der Waals surface area contributed by atoms with Gasteiger partial charge in [0.05, 0.1) is 17.3 Å². The van der Waals surface area contributed by atoms with Crippen molar-refractivity contribution < 1.29 is 9.90 Å². The van der Waals surface area contributed by atoms with Crippen LogP contribution in [0.3, 0.4) is 0 Å². The number of hydrogen-bond donors (Lipinski definition) is 3. The highest BCUT2D eigenvalue weighted by Gasteiger charge is 2.04.